The second-order valence-electron chi connectivity index (χ2n) is 4.57. The van der Waals surface area contributed by atoms with Crippen LogP contribution < -0.4 is 11.1 Å². The Morgan fingerprint density at radius 2 is 2.28 bits per heavy atom. The largest absolute Gasteiger partial charge is 0.478 e. The molecule has 0 aromatic heterocycles. The van der Waals surface area contributed by atoms with Crippen molar-refractivity contribution in [2.75, 3.05) is 18.2 Å². The third kappa shape index (κ3) is 2.56. The zero-order valence-electron chi connectivity index (χ0n) is 10.3. The molecule has 2 atom stereocenters. The SMILES string of the molecule is COC1CCCC1Nc1cc(N)ccc1C(=O)O. The van der Waals surface area contributed by atoms with Gasteiger partial charge in [-0.25, -0.2) is 4.79 Å². The predicted octanol–water partition coefficient (Wildman–Crippen LogP) is 1.95. The molecule has 0 spiro atoms. The van der Waals surface area contributed by atoms with Gasteiger partial charge in [-0.05, 0) is 37.5 Å². The number of nitrogens with one attached hydrogen (secondary N) is 1. The van der Waals surface area contributed by atoms with E-state index in [1.165, 1.54) is 6.07 Å². The minimum atomic E-state index is -0.954. The van der Waals surface area contributed by atoms with Crippen LogP contribution in [0.25, 0.3) is 0 Å². The quantitative estimate of drug-likeness (QED) is 0.711. The van der Waals surface area contributed by atoms with E-state index in [4.69, 9.17) is 15.6 Å². The van der Waals surface area contributed by atoms with Crippen molar-refractivity contribution in [3.63, 3.8) is 0 Å². The number of methoxy groups -OCH3 is 1. The Kier molecular flexibility index (Phi) is 3.72. The van der Waals surface area contributed by atoms with Crippen LogP contribution >= 0.6 is 0 Å². The summed E-state index contributed by atoms with van der Waals surface area (Å²) >= 11 is 0. The van der Waals surface area contributed by atoms with Crippen molar-refractivity contribution in [2.45, 2.75) is 31.4 Å². The van der Waals surface area contributed by atoms with E-state index in [0.717, 1.165) is 19.3 Å². The van der Waals surface area contributed by atoms with Gasteiger partial charge in [-0.15, -0.1) is 0 Å². The van der Waals surface area contributed by atoms with Gasteiger partial charge in [-0.3, -0.25) is 0 Å². The van der Waals surface area contributed by atoms with Crippen molar-refractivity contribution in [3.05, 3.63) is 23.8 Å². The van der Waals surface area contributed by atoms with Crippen LogP contribution in [-0.4, -0.2) is 30.3 Å². The lowest BCUT2D eigenvalue weighted by Crippen LogP contribution is -2.30. The number of benzene rings is 1. The molecule has 0 radical (unpaired) electrons. The second-order valence-corrected chi connectivity index (χ2v) is 4.57. The molecule has 0 bridgehead atoms. The zero-order valence-corrected chi connectivity index (χ0v) is 10.3. The molecule has 0 aliphatic heterocycles. The van der Waals surface area contributed by atoms with E-state index >= 15 is 0 Å². The number of anilines is 2. The van der Waals surface area contributed by atoms with E-state index in [1.54, 1.807) is 19.2 Å². The molecule has 1 aromatic rings. The lowest BCUT2D eigenvalue weighted by Gasteiger charge is -2.22. The first-order chi connectivity index (χ1) is 8.61. The Morgan fingerprint density at radius 3 is 2.94 bits per heavy atom. The molecule has 1 aromatic carbocycles. The summed E-state index contributed by atoms with van der Waals surface area (Å²) in [4.78, 5) is 11.1. The maximum absolute atomic E-state index is 11.1. The Labute approximate surface area is 106 Å². The highest BCUT2D eigenvalue weighted by Crippen LogP contribution is 2.27. The van der Waals surface area contributed by atoms with Gasteiger partial charge in [0.25, 0.3) is 0 Å². The Bertz CT molecular complexity index is 448. The van der Waals surface area contributed by atoms with Gasteiger partial charge in [0.15, 0.2) is 0 Å². The highest BCUT2D eigenvalue weighted by Gasteiger charge is 2.27. The summed E-state index contributed by atoms with van der Waals surface area (Å²) in [5.74, 6) is -0.954. The number of rotatable bonds is 4. The number of aromatic carboxylic acids is 1. The van der Waals surface area contributed by atoms with Crippen LogP contribution in [0.5, 0.6) is 0 Å². The van der Waals surface area contributed by atoms with Crippen LogP contribution in [0.1, 0.15) is 29.6 Å². The highest BCUT2D eigenvalue weighted by atomic mass is 16.5. The van der Waals surface area contributed by atoms with E-state index < -0.39 is 5.97 Å². The Morgan fingerprint density at radius 1 is 1.50 bits per heavy atom. The fourth-order valence-corrected chi connectivity index (χ4v) is 2.44. The fraction of sp³-hybridized carbons (Fsp3) is 0.462. The normalized spacial score (nSPS) is 22.9. The third-order valence-corrected chi connectivity index (χ3v) is 3.37. The van der Waals surface area contributed by atoms with Crippen LogP contribution in [0.3, 0.4) is 0 Å². The van der Waals surface area contributed by atoms with E-state index in [-0.39, 0.29) is 17.7 Å². The van der Waals surface area contributed by atoms with Crippen molar-refractivity contribution in [2.24, 2.45) is 0 Å². The van der Waals surface area contributed by atoms with Gasteiger partial charge >= 0.3 is 5.97 Å². The number of hydrogen-bond acceptors (Lipinski definition) is 4. The zero-order chi connectivity index (χ0) is 13.1. The number of nitrogen functional groups attached to an aromatic ring is 1. The molecule has 1 fully saturated rings. The van der Waals surface area contributed by atoms with Crippen LogP contribution in [0, 0.1) is 0 Å². The van der Waals surface area contributed by atoms with Crippen molar-refractivity contribution >= 4 is 17.3 Å². The molecular formula is C13H18N2O3. The summed E-state index contributed by atoms with van der Waals surface area (Å²) in [6.07, 6.45) is 3.19. The predicted molar refractivity (Wildman–Crippen MR) is 69.9 cm³/mol. The first-order valence-electron chi connectivity index (χ1n) is 6.04. The standard InChI is InChI=1S/C13H18N2O3/c1-18-12-4-2-3-10(12)15-11-7-8(14)5-6-9(11)13(16)17/h5-7,10,12,15H,2-4,14H2,1H3,(H,16,17). The second kappa shape index (κ2) is 5.27. The fourth-order valence-electron chi connectivity index (χ4n) is 2.44. The molecule has 1 aliphatic rings. The van der Waals surface area contributed by atoms with Crippen LogP contribution in [0.4, 0.5) is 11.4 Å². The maximum atomic E-state index is 11.1. The lowest BCUT2D eigenvalue weighted by molar-refractivity contribution is 0.0697. The van der Waals surface area contributed by atoms with Crippen LogP contribution in [0.15, 0.2) is 18.2 Å². The minimum absolute atomic E-state index is 0.132. The van der Waals surface area contributed by atoms with E-state index in [0.29, 0.717) is 11.4 Å². The van der Waals surface area contributed by atoms with Crippen LogP contribution in [0.2, 0.25) is 0 Å². The summed E-state index contributed by atoms with van der Waals surface area (Å²) in [7, 11) is 1.68. The number of carboxylic acid groups (broad SMARTS) is 1. The van der Waals surface area contributed by atoms with E-state index in [9.17, 15) is 4.79 Å². The molecular weight excluding hydrogens is 232 g/mol. The first kappa shape index (κ1) is 12.7. The minimum Gasteiger partial charge on any atom is -0.478 e. The summed E-state index contributed by atoms with van der Waals surface area (Å²) in [5.41, 5.74) is 7.06. The van der Waals surface area contributed by atoms with Gasteiger partial charge in [0.2, 0.25) is 0 Å². The van der Waals surface area contributed by atoms with E-state index in [1.807, 2.05) is 0 Å². The summed E-state index contributed by atoms with van der Waals surface area (Å²) in [6.45, 7) is 0. The average Bonchev–Trinajstić information content (AvgIpc) is 2.76. The molecule has 4 N–H and O–H groups in total. The van der Waals surface area contributed by atoms with Crippen molar-refractivity contribution < 1.29 is 14.6 Å². The van der Waals surface area contributed by atoms with Gasteiger partial charge in [0, 0.05) is 12.8 Å². The molecule has 98 valence electrons. The molecule has 18 heavy (non-hydrogen) atoms. The van der Waals surface area contributed by atoms with Crippen molar-refractivity contribution in [1.29, 1.82) is 0 Å². The monoisotopic (exact) mass is 250 g/mol. The first-order valence-corrected chi connectivity index (χ1v) is 6.04. The number of hydrogen-bond donors (Lipinski definition) is 3. The Balaban J connectivity index is 2.22. The van der Waals surface area contributed by atoms with Gasteiger partial charge in [0.1, 0.15) is 0 Å². The lowest BCUT2D eigenvalue weighted by atomic mass is 10.1. The number of nitrogens with two attached hydrogens (primary N) is 1. The topological polar surface area (TPSA) is 84.6 Å². The summed E-state index contributed by atoms with van der Waals surface area (Å²) in [6, 6.07) is 4.93. The van der Waals surface area contributed by atoms with Gasteiger partial charge in [-0.1, -0.05) is 0 Å². The average molecular weight is 250 g/mol. The number of carbonyl (C=O) groups is 1. The molecule has 1 aliphatic carbocycles. The molecule has 2 unspecified atom stereocenters. The summed E-state index contributed by atoms with van der Waals surface area (Å²) in [5, 5.41) is 12.4. The molecule has 0 amide bonds. The molecule has 5 nitrogen and oxygen atoms in total. The third-order valence-electron chi connectivity index (χ3n) is 3.37. The smallest absolute Gasteiger partial charge is 0.337 e. The Hall–Kier alpha value is -1.75. The number of ether oxygens (including phenoxy) is 1. The summed E-state index contributed by atoms with van der Waals surface area (Å²) < 4.78 is 5.39. The van der Waals surface area contributed by atoms with Gasteiger partial charge in [-0.2, -0.15) is 0 Å². The molecule has 2 rings (SSSR count). The van der Waals surface area contributed by atoms with Gasteiger partial charge < -0.3 is 20.9 Å². The maximum Gasteiger partial charge on any atom is 0.337 e. The molecule has 0 heterocycles. The van der Waals surface area contributed by atoms with E-state index in [2.05, 4.69) is 5.32 Å². The van der Waals surface area contributed by atoms with Crippen molar-refractivity contribution in [1.82, 2.24) is 0 Å². The molecule has 5 heteroatoms. The van der Waals surface area contributed by atoms with Crippen molar-refractivity contribution in [3.8, 4) is 0 Å². The molecule has 1 saturated carbocycles. The highest BCUT2D eigenvalue weighted by molar-refractivity contribution is 5.95. The van der Waals surface area contributed by atoms with Gasteiger partial charge in [0.05, 0.1) is 23.4 Å². The number of carboxylic acids is 1. The molecule has 0 saturated heterocycles. The van der Waals surface area contributed by atoms with Crippen LogP contribution in [-0.2, 0) is 4.74 Å².